The Bertz CT molecular complexity index is 1020. The number of pyridine rings is 1. The molecule has 0 aliphatic rings. The molecule has 0 radical (unpaired) electrons. The van der Waals surface area contributed by atoms with E-state index in [-0.39, 0.29) is 5.91 Å². The van der Waals surface area contributed by atoms with Crippen molar-refractivity contribution in [3.8, 4) is 0 Å². The van der Waals surface area contributed by atoms with Crippen molar-refractivity contribution in [2.24, 2.45) is 0 Å². The quantitative estimate of drug-likeness (QED) is 0.601. The Morgan fingerprint density at radius 1 is 1.00 bits per heavy atom. The Balaban J connectivity index is 1.44. The molecule has 0 saturated carbocycles. The number of nitrogens with one attached hydrogen (secondary N) is 1. The van der Waals surface area contributed by atoms with E-state index in [9.17, 15) is 4.79 Å². The van der Waals surface area contributed by atoms with Crippen molar-refractivity contribution in [2.45, 2.75) is 6.42 Å². The van der Waals surface area contributed by atoms with E-state index in [4.69, 9.17) is 0 Å². The smallest absolute Gasteiger partial charge is 0.269 e. The van der Waals surface area contributed by atoms with Gasteiger partial charge in [-0.1, -0.05) is 42.5 Å². The van der Waals surface area contributed by atoms with Gasteiger partial charge in [0.1, 0.15) is 5.69 Å². The van der Waals surface area contributed by atoms with Crippen LogP contribution in [0.5, 0.6) is 0 Å². The number of hydrogen-bond donors (Lipinski definition) is 1. The minimum absolute atomic E-state index is 0.125. The average Bonchev–Trinajstić information content (AvgIpc) is 3.04. The zero-order valence-electron chi connectivity index (χ0n) is 13.0. The number of carbonyl (C=O) groups excluding carboxylic acids is 1. The van der Waals surface area contributed by atoms with Gasteiger partial charge in [0, 0.05) is 16.6 Å². The molecule has 118 valence electrons. The van der Waals surface area contributed by atoms with E-state index in [1.165, 1.54) is 15.6 Å². The predicted octanol–water partition coefficient (Wildman–Crippen LogP) is 4.42. The maximum atomic E-state index is 12.3. The Kier molecular flexibility index (Phi) is 3.97. The van der Waals surface area contributed by atoms with Crippen LogP contribution in [-0.2, 0) is 6.42 Å². The molecule has 1 N–H and O–H groups in total. The summed E-state index contributed by atoms with van der Waals surface area (Å²) in [5, 5.41) is 7.46. The maximum absolute atomic E-state index is 12.3. The van der Waals surface area contributed by atoms with Crippen LogP contribution in [0.3, 0.4) is 0 Å². The highest BCUT2D eigenvalue weighted by molar-refractivity contribution is 7.17. The van der Waals surface area contributed by atoms with Crippen molar-refractivity contribution >= 4 is 38.2 Å². The zero-order chi connectivity index (χ0) is 16.4. The van der Waals surface area contributed by atoms with Crippen molar-refractivity contribution in [1.29, 1.82) is 0 Å². The minimum Gasteiger partial charge on any atom is -0.350 e. The molecular weight excluding hydrogens is 316 g/mol. The standard InChI is InChI=1S/C20H16N2OS/c23-20(18-10-9-14-5-1-3-7-17(14)22-18)21-12-11-15-13-24-19-8-4-2-6-16(15)19/h1-10,13H,11-12H2,(H,21,23). The molecule has 0 aliphatic heterocycles. The molecule has 3 nitrogen and oxygen atoms in total. The largest absolute Gasteiger partial charge is 0.350 e. The second-order valence-corrected chi connectivity index (χ2v) is 6.56. The van der Waals surface area contributed by atoms with Gasteiger partial charge in [-0.3, -0.25) is 4.79 Å². The van der Waals surface area contributed by atoms with Crippen LogP contribution in [0.25, 0.3) is 21.0 Å². The fraction of sp³-hybridized carbons (Fsp3) is 0.100. The van der Waals surface area contributed by atoms with Crippen LogP contribution in [-0.4, -0.2) is 17.4 Å². The third-order valence-corrected chi connectivity index (χ3v) is 5.08. The number of fused-ring (bicyclic) bond motifs is 2. The van der Waals surface area contributed by atoms with Gasteiger partial charge in [-0.2, -0.15) is 0 Å². The summed E-state index contributed by atoms with van der Waals surface area (Å²) in [6, 6.07) is 19.9. The molecule has 2 aromatic heterocycles. The van der Waals surface area contributed by atoms with Crippen molar-refractivity contribution in [3.63, 3.8) is 0 Å². The number of benzene rings is 2. The number of nitrogens with zero attached hydrogens (tertiary/aromatic N) is 1. The molecule has 4 heteroatoms. The van der Waals surface area contributed by atoms with Crippen molar-refractivity contribution < 1.29 is 4.79 Å². The zero-order valence-corrected chi connectivity index (χ0v) is 13.8. The molecule has 0 atom stereocenters. The van der Waals surface area contributed by atoms with Crippen LogP contribution in [0.15, 0.2) is 66.0 Å². The third-order valence-electron chi connectivity index (χ3n) is 4.07. The highest BCUT2D eigenvalue weighted by Crippen LogP contribution is 2.25. The number of rotatable bonds is 4. The Labute approximate surface area is 144 Å². The minimum atomic E-state index is -0.125. The van der Waals surface area contributed by atoms with Gasteiger partial charge < -0.3 is 5.32 Å². The third kappa shape index (κ3) is 2.88. The Morgan fingerprint density at radius 2 is 1.83 bits per heavy atom. The van der Waals surface area contributed by atoms with Crippen LogP contribution in [0, 0.1) is 0 Å². The summed E-state index contributed by atoms with van der Waals surface area (Å²) in [5.41, 5.74) is 2.58. The fourth-order valence-corrected chi connectivity index (χ4v) is 3.82. The molecule has 2 aromatic carbocycles. The molecule has 0 aliphatic carbocycles. The molecule has 0 bridgehead atoms. The highest BCUT2D eigenvalue weighted by atomic mass is 32.1. The summed E-state index contributed by atoms with van der Waals surface area (Å²) in [4.78, 5) is 16.7. The number of aromatic nitrogens is 1. The van der Waals surface area contributed by atoms with E-state index in [1.54, 1.807) is 17.4 Å². The molecule has 0 fully saturated rings. The number of para-hydroxylation sites is 1. The molecule has 1 amide bonds. The lowest BCUT2D eigenvalue weighted by Crippen LogP contribution is -2.26. The van der Waals surface area contributed by atoms with E-state index in [2.05, 4.69) is 39.9 Å². The normalized spacial score (nSPS) is 11.0. The molecule has 4 aromatic rings. The second-order valence-electron chi connectivity index (χ2n) is 5.65. The van der Waals surface area contributed by atoms with Gasteiger partial charge in [-0.15, -0.1) is 11.3 Å². The number of carbonyl (C=O) groups is 1. The summed E-state index contributed by atoms with van der Waals surface area (Å²) in [6.45, 7) is 0.605. The monoisotopic (exact) mass is 332 g/mol. The highest BCUT2D eigenvalue weighted by Gasteiger charge is 2.08. The second kappa shape index (κ2) is 6.42. The summed E-state index contributed by atoms with van der Waals surface area (Å²) in [7, 11) is 0. The number of thiophene rings is 1. The molecule has 0 spiro atoms. The van der Waals surface area contributed by atoms with Gasteiger partial charge in [0.05, 0.1) is 5.52 Å². The predicted molar refractivity (Wildman–Crippen MR) is 99.6 cm³/mol. The van der Waals surface area contributed by atoms with E-state index >= 15 is 0 Å². The van der Waals surface area contributed by atoms with E-state index in [0.717, 1.165) is 17.3 Å². The first-order valence-electron chi connectivity index (χ1n) is 7.90. The Hall–Kier alpha value is -2.72. The van der Waals surface area contributed by atoms with Crippen LogP contribution in [0.4, 0.5) is 0 Å². The fourth-order valence-electron chi connectivity index (χ4n) is 2.82. The van der Waals surface area contributed by atoms with Crippen molar-refractivity contribution in [2.75, 3.05) is 6.54 Å². The summed E-state index contributed by atoms with van der Waals surface area (Å²) >= 11 is 1.75. The summed E-state index contributed by atoms with van der Waals surface area (Å²) in [6.07, 6.45) is 0.823. The van der Waals surface area contributed by atoms with E-state index < -0.39 is 0 Å². The topological polar surface area (TPSA) is 42.0 Å². The molecule has 0 saturated heterocycles. The lowest BCUT2D eigenvalue weighted by molar-refractivity contribution is 0.0949. The van der Waals surface area contributed by atoms with Gasteiger partial charge in [0.15, 0.2) is 0 Å². The first-order valence-corrected chi connectivity index (χ1v) is 8.78. The molecule has 0 unspecified atom stereocenters. The van der Waals surface area contributed by atoms with Crippen LogP contribution < -0.4 is 5.32 Å². The molecule has 4 rings (SSSR count). The van der Waals surface area contributed by atoms with Gasteiger partial charge in [0.25, 0.3) is 5.91 Å². The average molecular weight is 332 g/mol. The van der Waals surface area contributed by atoms with Crippen LogP contribution in [0.2, 0.25) is 0 Å². The van der Waals surface area contributed by atoms with Gasteiger partial charge >= 0.3 is 0 Å². The lowest BCUT2D eigenvalue weighted by Gasteiger charge is -2.05. The van der Waals surface area contributed by atoms with Gasteiger partial charge in [-0.05, 0) is 40.9 Å². The van der Waals surface area contributed by atoms with Crippen molar-refractivity contribution in [1.82, 2.24) is 10.3 Å². The Morgan fingerprint density at radius 3 is 2.79 bits per heavy atom. The lowest BCUT2D eigenvalue weighted by atomic mass is 10.1. The van der Waals surface area contributed by atoms with Crippen LogP contribution >= 0.6 is 11.3 Å². The first-order chi connectivity index (χ1) is 11.8. The number of hydrogen-bond acceptors (Lipinski definition) is 3. The SMILES string of the molecule is O=C(NCCc1csc2ccccc12)c1ccc2ccccc2n1. The summed E-state index contributed by atoms with van der Waals surface area (Å²) < 4.78 is 1.29. The number of amides is 1. The van der Waals surface area contributed by atoms with Gasteiger partial charge in [0.2, 0.25) is 0 Å². The van der Waals surface area contributed by atoms with Crippen LogP contribution in [0.1, 0.15) is 16.1 Å². The molecular formula is C20H16N2OS. The van der Waals surface area contributed by atoms with Gasteiger partial charge in [-0.25, -0.2) is 4.98 Å². The first kappa shape index (κ1) is 14.8. The maximum Gasteiger partial charge on any atom is 0.269 e. The van der Waals surface area contributed by atoms with E-state index in [0.29, 0.717) is 12.2 Å². The molecule has 2 heterocycles. The summed E-state index contributed by atoms with van der Waals surface area (Å²) in [5.74, 6) is -0.125. The van der Waals surface area contributed by atoms with Crippen molar-refractivity contribution in [3.05, 3.63) is 77.3 Å². The molecule has 24 heavy (non-hydrogen) atoms. The van der Waals surface area contributed by atoms with E-state index in [1.807, 2.05) is 30.3 Å².